The van der Waals surface area contributed by atoms with Crippen LogP contribution in [-0.2, 0) is 4.79 Å². The minimum absolute atomic E-state index is 0.0755. The highest BCUT2D eigenvalue weighted by atomic mass is 16.6. The standard InChI is InChI=1S/C20H30N3O7/c1-2-3-8-11-18(21(25)26)13-15-20(23(29)30)16-14-19(22(27)28)12-9-6-4-5-7-10-17-24/h12-13,16H,2-11,14-15H2,1H3/b18-13+,19-12+,20-16+. The molecule has 167 valence electrons. The van der Waals surface area contributed by atoms with Gasteiger partial charge in [-0.25, -0.2) is 0 Å². The van der Waals surface area contributed by atoms with E-state index in [-0.39, 0.29) is 36.4 Å². The molecule has 0 heterocycles. The van der Waals surface area contributed by atoms with Gasteiger partial charge in [0.2, 0.25) is 17.1 Å². The zero-order chi connectivity index (χ0) is 22.8. The average Bonchev–Trinajstić information content (AvgIpc) is 2.69. The second-order valence-electron chi connectivity index (χ2n) is 6.82. The van der Waals surface area contributed by atoms with Crippen LogP contribution in [0.1, 0.15) is 84.0 Å². The lowest BCUT2D eigenvalue weighted by atomic mass is 10.1. The zero-order valence-electron chi connectivity index (χ0n) is 17.4. The number of nitrogens with zero attached hydrogens (tertiary/aromatic N) is 3. The SMILES string of the molecule is CCCCC/C(=C\C/C(=C\C/C(=C\CCCCCC[C]=O)[N+](=O)[O-])[N+](=O)[O-])[N+](=O)[O-]. The maximum Gasteiger partial charge on any atom is 0.246 e. The van der Waals surface area contributed by atoms with Crippen molar-refractivity contribution in [1.82, 2.24) is 0 Å². The van der Waals surface area contributed by atoms with E-state index in [0.29, 0.717) is 25.7 Å². The summed E-state index contributed by atoms with van der Waals surface area (Å²) in [7, 11) is 0. The van der Waals surface area contributed by atoms with Gasteiger partial charge >= 0.3 is 0 Å². The molecule has 0 aliphatic rings. The quantitative estimate of drug-likeness (QED) is 0.165. The van der Waals surface area contributed by atoms with Crippen molar-refractivity contribution in [2.24, 2.45) is 0 Å². The third kappa shape index (κ3) is 13.3. The van der Waals surface area contributed by atoms with Crippen LogP contribution in [0.25, 0.3) is 0 Å². The lowest BCUT2D eigenvalue weighted by molar-refractivity contribution is -0.434. The highest BCUT2D eigenvalue weighted by molar-refractivity contribution is 5.50. The molecule has 30 heavy (non-hydrogen) atoms. The van der Waals surface area contributed by atoms with Crippen LogP contribution < -0.4 is 0 Å². The first-order valence-electron chi connectivity index (χ1n) is 10.2. The number of rotatable bonds is 18. The zero-order valence-corrected chi connectivity index (χ0v) is 17.4. The van der Waals surface area contributed by atoms with Crippen molar-refractivity contribution < 1.29 is 19.6 Å². The summed E-state index contributed by atoms with van der Waals surface area (Å²) in [4.78, 5) is 41.8. The minimum Gasteiger partial charge on any atom is -0.291 e. The summed E-state index contributed by atoms with van der Waals surface area (Å²) >= 11 is 0. The van der Waals surface area contributed by atoms with Crippen LogP contribution in [-0.4, -0.2) is 21.1 Å². The third-order valence-corrected chi connectivity index (χ3v) is 4.45. The molecule has 0 spiro atoms. The largest absolute Gasteiger partial charge is 0.291 e. The van der Waals surface area contributed by atoms with E-state index in [1.54, 1.807) is 0 Å². The van der Waals surface area contributed by atoms with Crippen LogP contribution in [0.4, 0.5) is 0 Å². The predicted octanol–water partition coefficient (Wildman–Crippen LogP) is 5.28. The van der Waals surface area contributed by atoms with E-state index in [1.165, 1.54) is 12.2 Å². The van der Waals surface area contributed by atoms with Crippen LogP contribution >= 0.6 is 0 Å². The second-order valence-corrected chi connectivity index (χ2v) is 6.82. The lowest BCUT2D eigenvalue weighted by Crippen LogP contribution is -2.03. The molecule has 0 aromatic rings. The predicted molar refractivity (Wildman–Crippen MR) is 112 cm³/mol. The van der Waals surface area contributed by atoms with Crippen molar-refractivity contribution in [3.05, 3.63) is 65.7 Å². The molecular formula is C20H30N3O7. The van der Waals surface area contributed by atoms with Gasteiger partial charge in [0.15, 0.2) is 6.29 Å². The fourth-order valence-electron chi connectivity index (χ4n) is 2.70. The first kappa shape index (κ1) is 27.1. The Labute approximate surface area is 176 Å². The first-order chi connectivity index (χ1) is 14.3. The monoisotopic (exact) mass is 424 g/mol. The molecule has 0 aromatic carbocycles. The number of hydrogen-bond acceptors (Lipinski definition) is 7. The summed E-state index contributed by atoms with van der Waals surface area (Å²) in [6.45, 7) is 1.97. The second kappa shape index (κ2) is 17.0. The number of carbonyl (C=O) groups excluding carboxylic acids is 1. The lowest BCUT2D eigenvalue weighted by Gasteiger charge is -2.00. The van der Waals surface area contributed by atoms with Gasteiger partial charge < -0.3 is 0 Å². The third-order valence-electron chi connectivity index (χ3n) is 4.45. The van der Waals surface area contributed by atoms with Crippen molar-refractivity contribution in [3.8, 4) is 0 Å². The van der Waals surface area contributed by atoms with Gasteiger partial charge in [-0.15, -0.1) is 0 Å². The number of unbranched alkanes of at least 4 members (excludes halogenated alkanes) is 7. The number of allylic oxidation sites excluding steroid dienone is 4. The Hall–Kier alpha value is -2.91. The van der Waals surface area contributed by atoms with Crippen LogP contribution in [0.2, 0.25) is 0 Å². The van der Waals surface area contributed by atoms with E-state index in [2.05, 4.69) is 0 Å². The molecule has 1 radical (unpaired) electrons. The van der Waals surface area contributed by atoms with Crippen LogP contribution in [0.15, 0.2) is 35.3 Å². The Morgan fingerprint density at radius 3 is 1.80 bits per heavy atom. The summed E-state index contributed by atoms with van der Waals surface area (Å²) in [6, 6.07) is 0. The van der Waals surface area contributed by atoms with Crippen molar-refractivity contribution in [2.75, 3.05) is 0 Å². The Kier molecular flexibility index (Phi) is 15.3. The molecule has 0 aliphatic heterocycles. The maximum absolute atomic E-state index is 11.2. The van der Waals surface area contributed by atoms with Gasteiger partial charge in [-0.1, -0.05) is 32.6 Å². The summed E-state index contributed by atoms with van der Waals surface area (Å²) in [5.41, 5.74) is -0.520. The van der Waals surface area contributed by atoms with Gasteiger partial charge in [0.1, 0.15) is 0 Å². The normalized spacial score (nSPS) is 12.6. The van der Waals surface area contributed by atoms with Crippen molar-refractivity contribution in [3.63, 3.8) is 0 Å². The fourth-order valence-corrected chi connectivity index (χ4v) is 2.70. The molecule has 10 nitrogen and oxygen atoms in total. The average molecular weight is 424 g/mol. The highest BCUT2D eigenvalue weighted by Gasteiger charge is 2.17. The van der Waals surface area contributed by atoms with Crippen LogP contribution in [0, 0.1) is 30.3 Å². The molecule has 0 rings (SSSR count). The number of nitro groups is 3. The van der Waals surface area contributed by atoms with Gasteiger partial charge in [0, 0.05) is 12.8 Å². The molecule has 0 aliphatic carbocycles. The number of hydrogen-bond donors (Lipinski definition) is 0. The maximum atomic E-state index is 11.2. The molecular weight excluding hydrogens is 394 g/mol. The molecule has 0 fully saturated rings. The van der Waals surface area contributed by atoms with E-state index < -0.39 is 14.8 Å². The van der Waals surface area contributed by atoms with Crippen LogP contribution in [0.5, 0.6) is 0 Å². The molecule has 0 atom stereocenters. The molecule has 0 saturated carbocycles. The Bertz CT molecular complexity index is 669. The van der Waals surface area contributed by atoms with Gasteiger partial charge in [-0.3, -0.25) is 35.1 Å². The van der Waals surface area contributed by atoms with E-state index in [4.69, 9.17) is 0 Å². The van der Waals surface area contributed by atoms with Crippen LogP contribution in [0.3, 0.4) is 0 Å². The van der Waals surface area contributed by atoms with Crippen molar-refractivity contribution in [1.29, 1.82) is 0 Å². The Morgan fingerprint density at radius 2 is 1.27 bits per heavy atom. The molecule has 0 bridgehead atoms. The van der Waals surface area contributed by atoms with E-state index in [0.717, 1.165) is 38.2 Å². The van der Waals surface area contributed by atoms with Gasteiger partial charge in [-0.2, -0.15) is 0 Å². The Balaban J connectivity index is 4.95. The summed E-state index contributed by atoms with van der Waals surface area (Å²) in [5, 5.41) is 33.5. The van der Waals surface area contributed by atoms with E-state index >= 15 is 0 Å². The summed E-state index contributed by atoms with van der Waals surface area (Å²) in [5.74, 6) is 0. The van der Waals surface area contributed by atoms with Crippen molar-refractivity contribution in [2.45, 2.75) is 84.0 Å². The first-order valence-corrected chi connectivity index (χ1v) is 10.2. The fraction of sp³-hybridized carbons (Fsp3) is 0.650. The van der Waals surface area contributed by atoms with E-state index in [1.807, 2.05) is 13.2 Å². The molecule has 0 aromatic heterocycles. The molecule has 0 N–H and O–H groups in total. The topological polar surface area (TPSA) is 146 Å². The molecule has 10 heteroatoms. The van der Waals surface area contributed by atoms with Gasteiger partial charge in [0.05, 0.1) is 27.6 Å². The Morgan fingerprint density at radius 1 is 0.733 bits per heavy atom. The molecule has 0 unspecified atom stereocenters. The van der Waals surface area contributed by atoms with Gasteiger partial charge in [0.25, 0.3) is 0 Å². The molecule has 0 amide bonds. The molecule has 0 saturated heterocycles. The van der Waals surface area contributed by atoms with Gasteiger partial charge in [-0.05, 0) is 43.9 Å². The smallest absolute Gasteiger partial charge is 0.246 e. The summed E-state index contributed by atoms with van der Waals surface area (Å²) in [6.07, 6.45) is 11.7. The highest BCUT2D eigenvalue weighted by Crippen LogP contribution is 2.16. The van der Waals surface area contributed by atoms with E-state index in [9.17, 15) is 35.1 Å². The van der Waals surface area contributed by atoms with Crippen molar-refractivity contribution >= 4 is 6.29 Å². The summed E-state index contributed by atoms with van der Waals surface area (Å²) < 4.78 is 0. The minimum atomic E-state index is -0.665.